The minimum absolute atomic E-state index is 0.349. The molecule has 7 heteroatoms. The maximum absolute atomic E-state index is 12.2. The zero-order valence-corrected chi connectivity index (χ0v) is 8.77. The number of alkyl halides is 4. The molecule has 0 spiro atoms. The Morgan fingerprint density at radius 1 is 1.60 bits per heavy atom. The van der Waals surface area contributed by atoms with Crippen LogP contribution in [0.4, 0.5) is 13.2 Å². The predicted molar refractivity (Wildman–Crippen MR) is 47.5 cm³/mol. The number of carbonyl (C=O) groups excluding carboxylic acids is 1. The summed E-state index contributed by atoms with van der Waals surface area (Å²) >= 11 is 5.58. The lowest BCUT2D eigenvalue weighted by atomic mass is 9.93. The van der Waals surface area contributed by atoms with Gasteiger partial charge in [0, 0.05) is 0 Å². The summed E-state index contributed by atoms with van der Waals surface area (Å²) in [5, 5.41) is 8.24. The zero-order chi connectivity index (χ0) is 11.9. The molecule has 0 aromatic carbocycles. The normalized spacial score (nSPS) is 22.1. The van der Waals surface area contributed by atoms with E-state index in [9.17, 15) is 18.0 Å². The number of likely N-dealkylation sites (tertiary alicyclic amines) is 1. The molecule has 1 rings (SSSR count). The molecule has 1 aliphatic rings. The van der Waals surface area contributed by atoms with Crippen molar-refractivity contribution in [2.24, 2.45) is 0 Å². The predicted octanol–water partition coefficient (Wildman–Crippen LogP) is 1.14. The maximum atomic E-state index is 12.2. The van der Waals surface area contributed by atoms with Gasteiger partial charge in [-0.1, -0.05) is 6.92 Å². The van der Waals surface area contributed by atoms with E-state index in [2.05, 4.69) is 0 Å². The molecule has 0 radical (unpaired) electrons. The van der Waals surface area contributed by atoms with E-state index < -0.39 is 36.2 Å². The third-order valence-corrected chi connectivity index (χ3v) is 2.87. The molecule has 3 nitrogen and oxygen atoms in total. The van der Waals surface area contributed by atoms with E-state index in [1.807, 2.05) is 0 Å². The molecule has 15 heavy (non-hydrogen) atoms. The van der Waals surface area contributed by atoms with E-state index in [1.165, 1.54) is 0 Å². The Morgan fingerprint density at radius 2 is 2.07 bits per heavy atom. The van der Waals surface area contributed by atoms with Gasteiger partial charge in [0.15, 0.2) is 5.60 Å². The largest absolute Gasteiger partial charge is 0.420 e. The Hall–Kier alpha value is -0.490. The lowest BCUT2D eigenvalue weighted by Gasteiger charge is -2.47. The van der Waals surface area contributed by atoms with Crippen molar-refractivity contribution in [2.45, 2.75) is 30.5 Å². The highest BCUT2D eigenvalue weighted by molar-refractivity contribution is 6.30. The van der Waals surface area contributed by atoms with Crippen molar-refractivity contribution in [2.75, 3.05) is 13.1 Å². The number of hydrogen-bond donors (Lipinski definition) is 1. The van der Waals surface area contributed by atoms with E-state index in [-0.39, 0.29) is 0 Å². The van der Waals surface area contributed by atoms with Crippen LogP contribution in [0.2, 0.25) is 0 Å². The molecule has 1 aliphatic heterocycles. The molecule has 1 amide bonds. The summed E-state index contributed by atoms with van der Waals surface area (Å²) in [4.78, 5) is 12.2. The Labute approximate surface area is 89.8 Å². The summed E-state index contributed by atoms with van der Waals surface area (Å²) in [6.07, 6.45) is -4.35. The van der Waals surface area contributed by atoms with Crippen LogP contribution in [0.5, 0.6) is 0 Å². The van der Waals surface area contributed by atoms with E-state index >= 15 is 0 Å². The zero-order valence-electron chi connectivity index (χ0n) is 8.01. The van der Waals surface area contributed by atoms with Crippen LogP contribution in [0, 0.1) is 0 Å². The fourth-order valence-corrected chi connectivity index (χ4v) is 1.43. The smallest absolute Gasteiger partial charge is 0.378 e. The first-order valence-corrected chi connectivity index (χ1v) is 4.87. The van der Waals surface area contributed by atoms with Crippen molar-refractivity contribution < 1.29 is 23.1 Å². The van der Waals surface area contributed by atoms with E-state index in [0.29, 0.717) is 6.42 Å². The summed E-state index contributed by atoms with van der Waals surface area (Å²) in [6.45, 7) is 0.211. The number of rotatable bonds is 2. The number of β-amino-alcohol motifs (C(OH)–C–C–N with tert-alkyl or cyclic N) is 1. The maximum Gasteiger partial charge on any atom is 0.420 e. The Balaban J connectivity index is 2.54. The van der Waals surface area contributed by atoms with Gasteiger partial charge in [0.05, 0.1) is 13.1 Å². The molecular formula is C8H11ClF3NO2. The molecule has 0 aliphatic carbocycles. The number of hydrogen-bond acceptors (Lipinski definition) is 2. The Bertz CT molecular complexity index is 263. The Morgan fingerprint density at radius 3 is 2.40 bits per heavy atom. The van der Waals surface area contributed by atoms with Crippen molar-refractivity contribution in [1.29, 1.82) is 0 Å². The van der Waals surface area contributed by atoms with Crippen molar-refractivity contribution >= 4 is 17.5 Å². The lowest BCUT2D eigenvalue weighted by molar-refractivity contribution is -0.297. The first-order chi connectivity index (χ1) is 6.71. The molecular weight excluding hydrogens is 235 g/mol. The highest BCUT2D eigenvalue weighted by Crippen LogP contribution is 2.38. The van der Waals surface area contributed by atoms with Crippen molar-refractivity contribution in [3.63, 3.8) is 0 Å². The summed E-state index contributed by atoms with van der Waals surface area (Å²) in [5.74, 6) is -0.562. The fraction of sp³-hybridized carbons (Fsp3) is 0.875. The van der Waals surface area contributed by atoms with Gasteiger partial charge in [0.25, 0.3) is 0 Å². The summed E-state index contributed by atoms with van der Waals surface area (Å²) in [5.41, 5.74) is -2.76. The number of carbonyl (C=O) groups is 1. The SMILES string of the molecule is CC[C@@H](Cl)C(=O)N1CC(O)(C(F)(F)F)C1. The molecule has 0 aromatic heterocycles. The minimum atomic E-state index is -4.70. The summed E-state index contributed by atoms with van der Waals surface area (Å²) in [7, 11) is 0. The van der Waals surface area contributed by atoms with Gasteiger partial charge >= 0.3 is 6.18 Å². The quantitative estimate of drug-likeness (QED) is 0.741. The average Bonchev–Trinajstić information content (AvgIpc) is 2.08. The highest BCUT2D eigenvalue weighted by atomic mass is 35.5. The number of amides is 1. The number of halogens is 4. The Kier molecular flexibility index (Phi) is 3.21. The van der Waals surface area contributed by atoms with Crippen LogP contribution in [0.1, 0.15) is 13.3 Å². The first kappa shape index (κ1) is 12.6. The van der Waals surface area contributed by atoms with Gasteiger partial charge in [0.1, 0.15) is 5.38 Å². The highest BCUT2D eigenvalue weighted by Gasteiger charge is 2.62. The van der Waals surface area contributed by atoms with E-state index in [1.54, 1.807) is 6.92 Å². The second-order valence-electron chi connectivity index (χ2n) is 3.60. The van der Waals surface area contributed by atoms with Gasteiger partial charge in [-0.05, 0) is 6.42 Å². The van der Waals surface area contributed by atoms with Crippen molar-refractivity contribution in [3.8, 4) is 0 Å². The van der Waals surface area contributed by atoms with Crippen LogP contribution in [-0.2, 0) is 4.79 Å². The van der Waals surface area contributed by atoms with Gasteiger partial charge in [-0.25, -0.2) is 0 Å². The van der Waals surface area contributed by atoms with Crippen LogP contribution in [0.15, 0.2) is 0 Å². The first-order valence-electron chi connectivity index (χ1n) is 4.43. The van der Waals surface area contributed by atoms with E-state index in [0.717, 1.165) is 4.90 Å². The second-order valence-corrected chi connectivity index (χ2v) is 4.13. The molecule has 1 saturated heterocycles. The molecule has 0 aromatic rings. The summed E-state index contributed by atoms with van der Waals surface area (Å²) in [6, 6.07) is 0. The van der Waals surface area contributed by atoms with Crippen molar-refractivity contribution in [1.82, 2.24) is 4.90 Å². The monoisotopic (exact) mass is 245 g/mol. The molecule has 0 bridgehead atoms. The standard InChI is InChI=1S/C8H11ClF3NO2/c1-2-5(9)6(14)13-3-7(15,4-13)8(10,11)12/h5,15H,2-4H2,1H3/t5-/m1/s1. The molecule has 0 unspecified atom stereocenters. The molecule has 1 N–H and O–H groups in total. The lowest BCUT2D eigenvalue weighted by Crippen LogP contribution is -2.71. The van der Waals surface area contributed by atoms with Crippen LogP contribution >= 0.6 is 11.6 Å². The molecule has 0 saturated carbocycles. The third kappa shape index (κ3) is 2.20. The van der Waals surface area contributed by atoms with Crippen LogP contribution in [-0.4, -0.2) is 46.2 Å². The summed E-state index contributed by atoms with van der Waals surface area (Å²) < 4.78 is 36.6. The molecule has 88 valence electrons. The fourth-order valence-electron chi connectivity index (χ4n) is 1.29. The van der Waals surface area contributed by atoms with Gasteiger partial charge in [-0.2, -0.15) is 13.2 Å². The van der Waals surface area contributed by atoms with Gasteiger partial charge in [0.2, 0.25) is 5.91 Å². The average molecular weight is 246 g/mol. The van der Waals surface area contributed by atoms with Crippen molar-refractivity contribution in [3.05, 3.63) is 0 Å². The van der Waals surface area contributed by atoms with Gasteiger partial charge in [-0.3, -0.25) is 4.79 Å². The number of aliphatic hydroxyl groups is 1. The van der Waals surface area contributed by atoms with Crippen LogP contribution < -0.4 is 0 Å². The molecule has 1 heterocycles. The van der Waals surface area contributed by atoms with Crippen LogP contribution in [0.3, 0.4) is 0 Å². The number of nitrogens with zero attached hydrogens (tertiary/aromatic N) is 1. The van der Waals surface area contributed by atoms with E-state index in [4.69, 9.17) is 16.7 Å². The van der Waals surface area contributed by atoms with Crippen LogP contribution in [0.25, 0.3) is 0 Å². The van der Waals surface area contributed by atoms with Gasteiger partial charge in [-0.15, -0.1) is 11.6 Å². The topological polar surface area (TPSA) is 40.5 Å². The third-order valence-electron chi connectivity index (χ3n) is 2.37. The molecule has 1 fully saturated rings. The second kappa shape index (κ2) is 3.83. The molecule has 1 atom stereocenters. The minimum Gasteiger partial charge on any atom is -0.378 e. The van der Waals surface area contributed by atoms with Gasteiger partial charge < -0.3 is 10.0 Å².